The Hall–Kier alpha value is -1.51. The number of benzene rings is 1. The summed E-state index contributed by atoms with van der Waals surface area (Å²) in [5.41, 5.74) is 1.99. The van der Waals surface area contributed by atoms with Crippen molar-refractivity contribution < 1.29 is 14.6 Å². The van der Waals surface area contributed by atoms with Crippen molar-refractivity contribution in [2.75, 3.05) is 0 Å². The third-order valence-electron chi connectivity index (χ3n) is 2.09. The molecule has 1 aliphatic heterocycles. The fourth-order valence-electron chi connectivity index (χ4n) is 1.38. The van der Waals surface area contributed by atoms with Crippen molar-refractivity contribution >= 4 is 5.97 Å². The van der Waals surface area contributed by atoms with Crippen molar-refractivity contribution in [3.05, 3.63) is 28.8 Å². The van der Waals surface area contributed by atoms with Gasteiger partial charge in [0.25, 0.3) is 0 Å². The van der Waals surface area contributed by atoms with Crippen LogP contribution in [0.25, 0.3) is 0 Å². The third kappa shape index (κ3) is 0.794. The van der Waals surface area contributed by atoms with Crippen molar-refractivity contribution in [3.63, 3.8) is 0 Å². The highest BCUT2D eigenvalue weighted by molar-refractivity contribution is 5.95. The standard InChI is InChI=1S/C9H8O3/c1-5-7(10)3-2-6-4-12-9(11)8(5)6/h2-3,10H,4H2,1H3. The Bertz CT molecular complexity index is 355. The maximum Gasteiger partial charge on any atom is 0.339 e. The Labute approximate surface area is 69.6 Å². The zero-order chi connectivity index (χ0) is 8.72. The molecule has 1 heterocycles. The molecule has 0 saturated carbocycles. The molecule has 0 amide bonds. The molecular formula is C9H8O3. The maximum atomic E-state index is 11.1. The molecule has 0 fully saturated rings. The van der Waals surface area contributed by atoms with Gasteiger partial charge in [-0.3, -0.25) is 0 Å². The maximum absolute atomic E-state index is 11.1. The van der Waals surface area contributed by atoms with Gasteiger partial charge in [0.15, 0.2) is 0 Å². The molecule has 1 N–H and O–H groups in total. The van der Waals surface area contributed by atoms with Gasteiger partial charge in [0.2, 0.25) is 0 Å². The molecule has 3 nitrogen and oxygen atoms in total. The van der Waals surface area contributed by atoms with E-state index >= 15 is 0 Å². The number of hydrogen-bond acceptors (Lipinski definition) is 3. The minimum absolute atomic E-state index is 0.146. The van der Waals surface area contributed by atoms with Gasteiger partial charge in [-0.15, -0.1) is 0 Å². The minimum atomic E-state index is -0.335. The predicted molar refractivity (Wildman–Crippen MR) is 42.0 cm³/mol. The normalized spacial score (nSPS) is 14.2. The quantitative estimate of drug-likeness (QED) is 0.589. The smallest absolute Gasteiger partial charge is 0.339 e. The van der Waals surface area contributed by atoms with Crippen LogP contribution >= 0.6 is 0 Å². The first-order valence-corrected chi connectivity index (χ1v) is 3.68. The van der Waals surface area contributed by atoms with E-state index in [-0.39, 0.29) is 11.7 Å². The summed E-state index contributed by atoms with van der Waals surface area (Å²) >= 11 is 0. The second-order valence-electron chi connectivity index (χ2n) is 2.82. The summed E-state index contributed by atoms with van der Waals surface area (Å²) in [6.07, 6.45) is 0. The van der Waals surface area contributed by atoms with Gasteiger partial charge in [0.1, 0.15) is 12.4 Å². The molecule has 1 aromatic carbocycles. The lowest BCUT2D eigenvalue weighted by atomic mass is 10.0. The van der Waals surface area contributed by atoms with Crippen molar-refractivity contribution in [1.82, 2.24) is 0 Å². The zero-order valence-corrected chi connectivity index (χ0v) is 6.63. The van der Waals surface area contributed by atoms with Crippen molar-refractivity contribution in [3.8, 4) is 5.75 Å². The molecule has 62 valence electrons. The first-order valence-electron chi connectivity index (χ1n) is 3.68. The fraction of sp³-hybridized carbons (Fsp3) is 0.222. The van der Waals surface area contributed by atoms with Gasteiger partial charge in [-0.2, -0.15) is 0 Å². The Kier molecular flexibility index (Phi) is 1.33. The number of rotatable bonds is 0. The molecule has 0 bridgehead atoms. The van der Waals surface area contributed by atoms with Gasteiger partial charge in [-0.05, 0) is 13.0 Å². The summed E-state index contributed by atoms with van der Waals surface area (Å²) in [6.45, 7) is 2.04. The number of aromatic hydroxyl groups is 1. The number of carbonyl (C=O) groups excluding carboxylic acids is 1. The number of phenolic OH excluding ortho intramolecular Hbond substituents is 1. The van der Waals surface area contributed by atoms with Gasteiger partial charge >= 0.3 is 5.97 Å². The van der Waals surface area contributed by atoms with E-state index in [1.807, 2.05) is 0 Å². The molecule has 0 aliphatic carbocycles. The number of esters is 1. The Morgan fingerprint density at radius 3 is 3.00 bits per heavy atom. The van der Waals surface area contributed by atoms with E-state index in [4.69, 9.17) is 4.74 Å². The monoisotopic (exact) mass is 164 g/mol. The van der Waals surface area contributed by atoms with E-state index in [0.29, 0.717) is 17.7 Å². The molecule has 12 heavy (non-hydrogen) atoms. The predicted octanol–water partition coefficient (Wildman–Crippen LogP) is 1.37. The summed E-state index contributed by atoms with van der Waals surface area (Å²) in [7, 11) is 0. The molecule has 2 rings (SSSR count). The van der Waals surface area contributed by atoms with Crippen LogP contribution in [0.5, 0.6) is 5.75 Å². The number of carbonyl (C=O) groups is 1. The molecule has 0 atom stereocenters. The number of cyclic esters (lactones) is 1. The van der Waals surface area contributed by atoms with Gasteiger partial charge < -0.3 is 9.84 Å². The summed E-state index contributed by atoms with van der Waals surface area (Å²) in [6, 6.07) is 3.29. The minimum Gasteiger partial charge on any atom is -0.508 e. The van der Waals surface area contributed by atoms with Crippen LogP contribution in [-0.2, 0) is 11.3 Å². The van der Waals surface area contributed by atoms with Crippen LogP contribution in [0.2, 0.25) is 0 Å². The summed E-state index contributed by atoms with van der Waals surface area (Å²) < 4.78 is 4.81. The van der Waals surface area contributed by atoms with E-state index in [1.54, 1.807) is 19.1 Å². The molecule has 1 aromatic rings. The van der Waals surface area contributed by atoms with E-state index in [9.17, 15) is 9.90 Å². The highest BCUT2D eigenvalue weighted by atomic mass is 16.5. The largest absolute Gasteiger partial charge is 0.508 e. The fourth-order valence-corrected chi connectivity index (χ4v) is 1.38. The van der Waals surface area contributed by atoms with Crippen molar-refractivity contribution in [2.45, 2.75) is 13.5 Å². The van der Waals surface area contributed by atoms with E-state index in [2.05, 4.69) is 0 Å². The molecule has 0 spiro atoms. The van der Waals surface area contributed by atoms with Crippen molar-refractivity contribution in [1.29, 1.82) is 0 Å². The topological polar surface area (TPSA) is 46.5 Å². The second-order valence-corrected chi connectivity index (χ2v) is 2.82. The first kappa shape index (κ1) is 7.16. The average molecular weight is 164 g/mol. The Balaban J connectivity index is 2.71. The lowest BCUT2D eigenvalue weighted by molar-refractivity contribution is 0.0534. The van der Waals surface area contributed by atoms with Gasteiger partial charge in [-0.1, -0.05) is 6.07 Å². The average Bonchev–Trinajstić information content (AvgIpc) is 2.41. The van der Waals surface area contributed by atoms with Crippen LogP contribution < -0.4 is 0 Å². The van der Waals surface area contributed by atoms with E-state index in [0.717, 1.165) is 5.56 Å². The van der Waals surface area contributed by atoms with Gasteiger partial charge in [0, 0.05) is 11.1 Å². The number of phenols is 1. The van der Waals surface area contributed by atoms with Crippen LogP contribution in [0.15, 0.2) is 12.1 Å². The van der Waals surface area contributed by atoms with Crippen LogP contribution in [0.3, 0.4) is 0 Å². The van der Waals surface area contributed by atoms with E-state index in [1.165, 1.54) is 0 Å². The van der Waals surface area contributed by atoms with Gasteiger partial charge in [0.05, 0.1) is 5.56 Å². The third-order valence-corrected chi connectivity index (χ3v) is 2.09. The highest BCUT2D eigenvalue weighted by Gasteiger charge is 2.24. The lowest BCUT2D eigenvalue weighted by Crippen LogP contribution is -1.96. The number of fused-ring (bicyclic) bond motifs is 1. The van der Waals surface area contributed by atoms with Gasteiger partial charge in [-0.25, -0.2) is 4.79 Å². The Morgan fingerprint density at radius 2 is 2.25 bits per heavy atom. The summed E-state index contributed by atoms with van der Waals surface area (Å²) in [4.78, 5) is 11.1. The van der Waals surface area contributed by atoms with E-state index < -0.39 is 0 Å². The van der Waals surface area contributed by atoms with Crippen molar-refractivity contribution in [2.24, 2.45) is 0 Å². The summed E-state index contributed by atoms with van der Waals surface area (Å²) in [5, 5.41) is 9.29. The Morgan fingerprint density at radius 1 is 1.50 bits per heavy atom. The summed E-state index contributed by atoms with van der Waals surface area (Å²) in [5.74, 6) is -0.189. The SMILES string of the molecule is Cc1c(O)ccc2c1C(=O)OC2. The first-order chi connectivity index (χ1) is 5.70. The molecule has 0 radical (unpaired) electrons. The molecule has 0 saturated heterocycles. The van der Waals surface area contributed by atoms with Crippen LogP contribution in [0.1, 0.15) is 21.5 Å². The highest BCUT2D eigenvalue weighted by Crippen LogP contribution is 2.28. The molecular weight excluding hydrogens is 156 g/mol. The zero-order valence-electron chi connectivity index (χ0n) is 6.63. The van der Waals surface area contributed by atoms with Crippen LogP contribution in [-0.4, -0.2) is 11.1 Å². The number of ether oxygens (including phenoxy) is 1. The molecule has 1 aliphatic rings. The molecule has 0 aromatic heterocycles. The lowest BCUT2D eigenvalue weighted by Gasteiger charge is -2.01. The van der Waals surface area contributed by atoms with Crippen LogP contribution in [0.4, 0.5) is 0 Å². The second kappa shape index (κ2) is 2.24. The molecule has 0 unspecified atom stereocenters. The molecule has 3 heteroatoms. The van der Waals surface area contributed by atoms with Crippen LogP contribution in [0, 0.1) is 6.92 Å². The number of hydrogen-bond donors (Lipinski definition) is 1.